The van der Waals surface area contributed by atoms with Gasteiger partial charge < -0.3 is 0 Å². The molecule has 0 heterocycles. The normalized spacial score (nSPS) is 27.0. The molecule has 2 aliphatic carbocycles. The summed E-state index contributed by atoms with van der Waals surface area (Å²) in [6.45, 7) is 4.86. The third-order valence-corrected chi connectivity index (χ3v) is 6.43. The second kappa shape index (κ2) is 6.44. The Balaban J connectivity index is 2.18. The fraction of sp³-hybridized carbons (Fsp3) is 1.00. The van der Waals surface area contributed by atoms with Crippen LogP contribution in [0.15, 0.2) is 0 Å². The summed E-state index contributed by atoms with van der Waals surface area (Å²) in [5.41, 5.74) is 1.48. The van der Waals surface area contributed by atoms with E-state index >= 15 is 0 Å². The predicted molar refractivity (Wildman–Crippen MR) is 80.9 cm³/mol. The van der Waals surface area contributed by atoms with Crippen LogP contribution < -0.4 is 0 Å². The third-order valence-electron chi connectivity index (χ3n) is 6.43. The minimum absolute atomic E-state index is 0.737. The molecule has 0 bridgehead atoms. The van der Waals surface area contributed by atoms with Crippen LogP contribution in [0.25, 0.3) is 0 Å². The molecule has 2 saturated carbocycles. The molecule has 0 aliphatic heterocycles. The molecule has 0 aromatic carbocycles. The first-order valence-electron chi connectivity index (χ1n) is 8.79. The van der Waals surface area contributed by atoms with Crippen LogP contribution in [0.2, 0.25) is 0 Å². The van der Waals surface area contributed by atoms with Gasteiger partial charge in [-0.25, -0.2) is 0 Å². The Kier molecular flexibility index (Phi) is 5.15. The van der Waals surface area contributed by atoms with Crippen molar-refractivity contribution in [2.24, 2.45) is 10.8 Å². The summed E-state index contributed by atoms with van der Waals surface area (Å²) in [5, 5.41) is 0. The van der Waals surface area contributed by atoms with Crippen molar-refractivity contribution >= 4 is 0 Å². The van der Waals surface area contributed by atoms with Crippen LogP contribution in [-0.4, -0.2) is 0 Å². The quantitative estimate of drug-likeness (QED) is 0.523. The largest absolute Gasteiger partial charge is 0.0654 e. The predicted octanol–water partition coefficient (Wildman–Crippen LogP) is 6.49. The number of rotatable bonds is 5. The van der Waals surface area contributed by atoms with Crippen LogP contribution >= 0.6 is 0 Å². The standard InChI is InChI=1S/C18H34/c1-3-5-12-18(15-10-7-11-16-18)17(4-2)13-8-6-9-14-17/h3-16H2,1-2H3. The number of unbranched alkanes of at least 4 members (excludes halogenated alkanes) is 1. The van der Waals surface area contributed by atoms with Gasteiger partial charge in [0.15, 0.2) is 0 Å². The molecule has 106 valence electrons. The minimum Gasteiger partial charge on any atom is -0.0654 e. The maximum Gasteiger partial charge on any atom is -0.0241 e. The molecule has 0 spiro atoms. The maximum atomic E-state index is 2.49. The van der Waals surface area contributed by atoms with Crippen molar-refractivity contribution in [3.8, 4) is 0 Å². The highest BCUT2D eigenvalue weighted by Gasteiger charge is 2.49. The van der Waals surface area contributed by atoms with E-state index in [4.69, 9.17) is 0 Å². The van der Waals surface area contributed by atoms with E-state index in [1.807, 2.05) is 0 Å². The van der Waals surface area contributed by atoms with Gasteiger partial charge in [-0.15, -0.1) is 0 Å². The van der Waals surface area contributed by atoms with E-state index in [9.17, 15) is 0 Å². The van der Waals surface area contributed by atoms with Crippen LogP contribution in [-0.2, 0) is 0 Å². The van der Waals surface area contributed by atoms with Crippen molar-refractivity contribution in [3.05, 3.63) is 0 Å². The maximum absolute atomic E-state index is 2.49. The molecule has 0 nitrogen and oxygen atoms in total. The van der Waals surface area contributed by atoms with Gasteiger partial charge in [0.05, 0.1) is 0 Å². The van der Waals surface area contributed by atoms with Gasteiger partial charge in [0.2, 0.25) is 0 Å². The molecule has 0 saturated heterocycles. The Morgan fingerprint density at radius 2 is 1.17 bits per heavy atom. The van der Waals surface area contributed by atoms with Crippen molar-refractivity contribution in [3.63, 3.8) is 0 Å². The first-order chi connectivity index (χ1) is 8.79. The average Bonchev–Trinajstić information content (AvgIpc) is 2.46. The van der Waals surface area contributed by atoms with E-state index < -0.39 is 0 Å². The molecule has 0 aromatic heterocycles. The van der Waals surface area contributed by atoms with Crippen LogP contribution in [0.3, 0.4) is 0 Å². The second-order valence-electron chi connectivity index (χ2n) is 7.14. The zero-order chi connectivity index (χ0) is 12.9. The van der Waals surface area contributed by atoms with E-state index in [0.29, 0.717) is 0 Å². The molecule has 0 heteroatoms. The monoisotopic (exact) mass is 250 g/mol. The summed E-state index contributed by atoms with van der Waals surface area (Å²) in [6.07, 6.45) is 21.2. The van der Waals surface area contributed by atoms with Crippen LogP contribution in [0.1, 0.15) is 104 Å². The molecule has 0 radical (unpaired) electrons. The number of hydrogen-bond acceptors (Lipinski definition) is 0. The van der Waals surface area contributed by atoms with Gasteiger partial charge in [0.1, 0.15) is 0 Å². The molecule has 0 amide bonds. The first-order valence-corrected chi connectivity index (χ1v) is 8.79. The fourth-order valence-corrected chi connectivity index (χ4v) is 5.28. The summed E-state index contributed by atoms with van der Waals surface area (Å²) in [7, 11) is 0. The number of hydrogen-bond donors (Lipinski definition) is 0. The van der Waals surface area contributed by atoms with Gasteiger partial charge in [-0.2, -0.15) is 0 Å². The van der Waals surface area contributed by atoms with E-state index in [1.54, 1.807) is 25.7 Å². The molecule has 0 atom stereocenters. The Bertz CT molecular complexity index is 228. The highest BCUT2D eigenvalue weighted by Crippen LogP contribution is 2.60. The van der Waals surface area contributed by atoms with E-state index in [1.165, 1.54) is 64.2 Å². The van der Waals surface area contributed by atoms with Crippen molar-refractivity contribution in [2.75, 3.05) is 0 Å². The SMILES string of the molecule is CCCCC1(C2(CC)CCCCC2)CCCCC1. The van der Waals surface area contributed by atoms with Gasteiger partial charge >= 0.3 is 0 Å². The van der Waals surface area contributed by atoms with E-state index in [0.717, 1.165) is 10.8 Å². The van der Waals surface area contributed by atoms with E-state index in [2.05, 4.69) is 13.8 Å². The molecule has 0 unspecified atom stereocenters. The lowest BCUT2D eigenvalue weighted by atomic mass is 9.50. The molecular weight excluding hydrogens is 216 g/mol. The zero-order valence-electron chi connectivity index (χ0n) is 12.9. The topological polar surface area (TPSA) is 0 Å². The Morgan fingerprint density at radius 3 is 1.61 bits per heavy atom. The molecule has 2 aliphatic rings. The fourth-order valence-electron chi connectivity index (χ4n) is 5.28. The summed E-state index contributed by atoms with van der Waals surface area (Å²) in [4.78, 5) is 0. The van der Waals surface area contributed by atoms with Gasteiger partial charge in [-0.3, -0.25) is 0 Å². The van der Waals surface area contributed by atoms with Crippen LogP contribution in [0, 0.1) is 10.8 Å². The highest BCUT2D eigenvalue weighted by molar-refractivity contribution is 5.00. The Morgan fingerprint density at radius 1 is 0.667 bits per heavy atom. The third kappa shape index (κ3) is 2.63. The van der Waals surface area contributed by atoms with Gasteiger partial charge in [0, 0.05) is 0 Å². The highest BCUT2D eigenvalue weighted by atomic mass is 14.5. The zero-order valence-corrected chi connectivity index (χ0v) is 12.9. The minimum atomic E-state index is 0.737. The summed E-state index contributed by atoms with van der Waals surface area (Å²) >= 11 is 0. The van der Waals surface area contributed by atoms with Gasteiger partial charge in [-0.05, 0) is 49.4 Å². The molecule has 18 heavy (non-hydrogen) atoms. The summed E-state index contributed by atoms with van der Waals surface area (Å²) in [6, 6.07) is 0. The van der Waals surface area contributed by atoms with Gasteiger partial charge in [-0.1, -0.05) is 65.2 Å². The van der Waals surface area contributed by atoms with Crippen LogP contribution in [0.5, 0.6) is 0 Å². The summed E-state index contributed by atoms with van der Waals surface area (Å²) < 4.78 is 0. The van der Waals surface area contributed by atoms with Gasteiger partial charge in [0.25, 0.3) is 0 Å². The van der Waals surface area contributed by atoms with Crippen molar-refractivity contribution in [1.29, 1.82) is 0 Å². The molecule has 2 fully saturated rings. The average molecular weight is 250 g/mol. The summed E-state index contributed by atoms with van der Waals surface area (Å²) in [5.74, 6) is 0. The lowest BCUT2D eigenvalue weighted by molar-refractivity contribution is -0.0462. The van der Waals surface area contributed by atoms with Crippen molar-refractivity contribution in [2.45, 2.75) is 104 Å². The van der Waals surface area contributed by atoms with Crippen LogP contribution in [0.4, 0.5) is 0 Å². The first kappa shape index (κ1) is 14.4. The smallest absolute Gasteiger partial charge is 0.0241 e. The molecular formula is C18H34. The Labute approximate surface area is 115 Å². The molecule has 2 rings (SSSR count). The van der Waals surface area contributed by atoms with Crippen molar-refractivity contribution in [1.82, 2.24) is 0 Å². The molecule has 0 N–H and O–H groups in total. The Hall–Kier alpha value is 0. The lowest BCUT2D eigenvalue weighted by Gasteiger charge is -2.55. The van der Waals surface area contributed by atoms with E-state index in [-0.39, 0.29) is 0 Å². The molecule has 0 aromatic rings. The second-order valence-corrected chi connectivity index (χ2v) is 7.14. The lowest BCUT2D eigenvalue weighted by Crippen LogP contribution is -2.44. The van der Waals surface area contributed by atoms with Crippen molar-refractivity contribution < 1.29 is 0 Å².